The Kier molecular flexibility index (Phi) is 4.53. The summed E-state index contributed by atoms with van der Waals surface area (Å²) < 4.78 is 10.8. The summed E-state index contributed by atoms with van der Waals surface area (Å²) in [7, 11) is 1.66. The summed E-state index contributed by atoms with van der Waals surface area (Å²) in [6.07, 6.45) is 3.23. The minimum absolute atomic E-state index is 0.104. The molecule has 27 heavy (non-hydrogen) atoms. The van der Waals surface area contributed by atoms with Crippen molar-refractivity contribution >= 4 is 17.7 Å². The Labute approximate surface area is 156 Å². The number of rotatable bonds is 5. The van der Waals surface area contributed by atoms with Gasteiger partial charge >= 0.3 is 0 Å². The fraction of sp³-hybridized carbons (Fsp3) is 0.350. The fourth-order valence-electron chi connectivity index (χ4n) is 3.51. The predicted molar refractivity (Wildman–Crippen MR) is 95.3 cm³/mol. The normalized spacial score (nSPS) is 18.9. The molecule has 3 amide bonds. The molecule has 1 unspecified atom stereocenters. The monoisotopic (exact) mass is 368 g/mol. The van der Waals surface area contributed by atoms with Crippen LogP contribution in [0.5, 0.6) is 0 Å². The van der Waals surface area contributed by atoms with E-state index in [1.54, 1.807) is 37.6 Å². The van der Waals surface area contributed by atoms with Crippen LogP contribution in [-0.4, -0.2) is 53.8 Å². The molecular weight excluding hydrogens is 348 g/mol. The Morgan fingerprint density at radius 2 is 2.04 bits per heavy atom. The van der Waals surface area contributed by atoms with Crippen molar-refractivity contribution in [3.05, 3.63) is 59.0 Å². The van der Waals surface area contributed by atoms with E-state index in [0.717, 1.165) is 12.8 Å². The summed E-state index contributed by atoms with van der Waals surface area (Å²) in [5.74, 6) is -0.268. The highest BCUT2D eigenvalue weighted by atomic mass is 16.5. The summed E-state index contributed by atoms with van der Waals surface area (Å²) in [5.41, 5.74) is 0.974. The highest BCUT2D eigenvalue weighted by molar-refractivity contribution is 6.22. The van der Waals surface area contributed by atoms with Crippen LogP contribution in [0.15, 0.2) is 41.0 Å². The van der Waals surface area contributed by atoms with Crippen molar-refractivity contribution in [2.45, 2.75) is 25.5 Å². The lowest BCUT2D eigenvalue weighted by Crippen LogP contribution is -2.36. The molecule has 0 bridgehead atoms. The first-order valence-electron chi connectivity index (χ1n) is 8.94. The van der Waals surface area contributed by atoms with E-state index < -0.39 is 0 Å². The van der Waals surface area contributed by atoms with Crippen LogP contribution in [0.3, 0.4) is 0 Å². The van der Waals surface area contributed by atoms with Gasteiger partial charge in [-0.3, -0.25) is 19.3 Å². The zero-order valence-electron chi connectivity index (χ0n) is 15.0. The Morgan fingerprint density at radius 1 is 1.22 bits per heavy atom. The maximum absolute atomic E-state index is 12.7. The number of ether oxygens (including phenoxy) is 1. The number of benzene rings is 1. The van der Waals surface area contributed by atoms with Crippen LogP contribution in [0.25, 0.3) is 0 Å². The molecule has 1 aromatic heterocycles. The van der Waals surface area contributed by atoms with Gasteiger partial charge in [0.05, 0.1) is 36.6 Å². The molecule has 0 N–H and O–H groups in total. The van der Waals surface area contributed by atoms with Gasteiger partial charge in [0.2, 0.25) is 0 Å². The lowest BCUT2D eigenvalue weighted by molar-refractivity contribution is 0.0475. The molecule has 2 aliphatic rings. The number of carbonyl (C=O) groups excluding carboxylic acids is 3. The highest BCUT2D eigenvalue weighted by Gasteiger charge is 2.38. The number of hydrogen-bond acceptors (Lipinski definition) is 5. The average molecular weight is 368 g/mol. The molecule has 1 aromatic carbocycles. The van der Waals surface area contributed by atoms with Crippen LogP contribution in [0.4, 0.5) is 0 Å². The van der Waals surface area contributed by atoms with Crippen LogP contribution in [0.2, 0.25) is 0 Å². The molecule has 7 nitrogen and oxygen atoms in total. The first-order chi connectivity index (χ1) is 13.0. The van der Waals surface area contributed by atoms with Crippen LogP contribution >= 0.6 is 0 Å². The summed E-state index contributed by atoms with van der Waals surface area (Å²) >= 11 is 0. The molecule has 2 aromatic rings. The van der Waals surface area contributed by atoms with E-state index in [-0.39, 0.29) is 35.9 Å². The van der Waals surface area contributed by atoms with Crippen molar-refractivity contribution in [2.75, 3.05) is 20.2 Å². The topological polar surface area (TPSA) is 80.1 Å². The number of nitrogens with zero attached hydrogens (tertiary/aromatic N) is 2. The minimum atomic E-state index is -0.367. The van der Waals surface area contributed by atoms with E-state index in [1.807, 2.05) is 0 Å². The van der Waals surface area contributed by atoms with Crippen LogP contribution in [0, 0.1) is 0 Å². The number of carbonyl (C=O) groups is 3. The molecule has 1 saturated heterocycles. The van der Waals surface area contributed by atoms with Gasteiger partial charge in [0.25, 0.3) is 17.7 Å². The summed E-state index contributed by atoms with van der Waals surface area (Å²) in [6, 6.07) is 8.19. The van der Waals surface area contributed by atoms with Gasteiger partial charge in [-0.2, -0.15) is 0 Å². The summed E-state index contributed by atoms with van der Waals surface area (Å²) in [4.78, 5) is 40.7. The second kappa shape index (κ2) is 7.00. The number of imide groups is 1. The summed E-state index contributed by atoms with van der Waals surface area (Å²) in [5, 5.41) is 0. The Hall–Kier alpha value is -2.93. The molecule has 4 rings (SSSR count). The molecule has 7 heteroatoms. The zero-order chi connectivity index (χ0) is 19.0. The fourth-order valence-corrected chi connectivity index (χ4v) is 3.51. The number of furan rings is 1. The van der Waals surface area contributed by atoms with Crippen molar-refractivity contribution in [2.24, 2.45) is 0 Å². The van der Waals surface area contributed by atoms with Crippen molar-refractivity contribution in [1.82, 2.24) is 9.80 Å². The molecule has 140 valence electrons. The SMILES string of the molecule is CN(Cc1ccco1)C(=O)c1ccc2c(c1)C(=O)N(CC1CCCO1)C2=O. The van der Waals surface area contributed by atoms with Gasteiger partial charge in [-0.25, -0.2) is 0 Å². The van der Waals surface area contributed by atoms with E-state index in [1.165, 1.54) is 15.9 Å². The van der Waals surface area contributed by atoms with Crippen LogP contribution < -0.4 is 0 Å². The minimum Gasteiger partial charge on any atom is -0.467 e. The van der Waals surface area contributed by atoms with Gasteiger partial charge in [-0.1, -0.05) is 0 Å². The lowest BCUT2D eigenvalue weighted by Gasteiger charge is -2.18. The highest BCUT2D eigenvalue weighted by Crippen LogP contribution is 2.26. The molecular formula is C20H20N2O5. The van der Waals surface area contributed by atoms with E-state index in [9.17, 15) is 14.4 Å². The van der Waals surface area contributed by atoms with E-state index in [0.29, 0.717) is 30.0 Å². The number of fused-ring (bicyclic) bond motifs is 1. The molecule has 0 spiro atoms. The maximum Gasteiger partial charge on any atom is 0.261 e. The van der Waals surface area contributed by atoms with Crippen LogP contribution in [0.1, 0.15) is 49.7 Å². The molecule has 1 atom stereocenters. The standard InChI is InChI=1S/C20H20N2O5/c1-21(11-14-4-2-8-26-14)18(23)13-6-7-16-17(10-13)20(25)22(19(16)24)12-15-5-3-9-27-15/h2,4,6-8,10,15H,3,5,9,11-12H2,1H3. The van der Waals surface area contributed by atoms with Gasteiger partial charge in [-0.05, 0) is 43.2 Å². The lowest BCUT2D eigenvalue weighted by atomic mass is 10.0. The largest absolute Gasteiger partial charge is 0.467 e. The van der Waals surface area contributed by atoms with Gasteiger partial charge in [-0.15, -0.1) is 0 Å². The third kappa shape index (κ3) is 3.26. The quantitative estimate of drug-likeness (QED) is 0.757. The number of amides is 3. The molecule has 1 fully saturated rings. The smallest absolute Gasteiger partial charge is 0.261 e. The first kappa shape index (κ1) is 17.5. The van der Waals surface area contributed by atoms with Crippen LogP contribution in [-0.2, 0) is 11.3 Å². The zero-order valence-corrected chi connectivity index (χ0v) is 15.0. The van der Waals surface area contributed by atoms with Crippen molar-refractivity contribution in [3.8, 4) is 0 Å². The van der Waals surface area contributed by atoms with Crippen molar-refractivity contribution < 1.29 is 23.5 Å². The Balaban J connectivity index is 1.52. The molecule has 3 heterocycles. The van der Waals surface area contributed by atoms with Gasteiger partial charge in [0.1, 0.15) is 5.76 Å². The van der Waals surface area contributed by atoms with Crippen molar-refractivity contribution in [3.63, 3.8) is 0 Å². The van der Waals surface area contributed by atoms with E-state index >= 15 is 0 Å². The second-order valence-electron chi connectivity index (χ2n) is 6.86. The van der Waals surface area contributed by atoms with Gasteiger partial charge in [0, 0.05) is 19.2 Å². The maximum atomic E-state index is 12.7. The predicted octanol–water partition coefficient (Wildman–Crippen LogP) is 2.33. The molecule has 0 saturated carbocycles. The first-order valence-corrected chi connectivity index (χ1v) is 8.94. The Morgan fingerprint density at radius 3 is 2.74 bits per heavy atom. The summed E-state index contributed by atoms with van der Waals surface area (Å²) in [6.45, 7) is 1.24. The average Bonchev–Trinajstić information content (AvgIpc) is 3.41. The van der Waals surface area contributed by atoms with Gasteiger partial charge < -0.3 is 14.1 Å². The molecule has 2 aliphatic heterocycles. The third-order valence-electron chi connectivity index (χ3n) is 4.95. The Bertz CT molecular complexity index is 884. The van der Waals surface area contributed by atoms with Crippen molar-refractivity contribution in [1.29, 1.82) is 0 Å². The number of hydrogen-bond donors (Lipinski definition) is 0. The van der Waals surface area contributed by atoms with E-state index in [2.05, 4.69) is 0 Å². The van der Waals surface area contributed by atoms with E-state index in [4.69, 9.17) is 9.15 Å². The molecule has 0 aliphatic carbocycles. The van der Waals surface area contributed by atoms with Gasteiger partial charge in [0.15, 0.2) is 0 Å². The molecule has 0 radical (unpaired) electrons. The third-order valence-corrected chi connectivity index (χ3v) is 4.95. The second-order valence-corrected chi connectivity index (χ2v) is 6.86.